The van der Waals surface area contributed by atoms with E-state index in [4.69, 9.17) is 13.9 Å². The zero-order valence-electron chi connectivity index (χ0n) is 21.7. The summed E-state index contributed by atoms with van der Waals surface area (Å²) in [6.07, 6.45) is 3.59. The van der Waals surface area contributed by atoms with Crippen LogP contribution in [0.25, 0.3) is 10.9 Å². The summed E-state index contributed by atoms with van der Waals surface area (Å²) in [6, 6.07) is 8.29. The lowest BCUT2D eigenvalue weighted by molar-refractivity contribution is 0.0253. The first-order chi connectivity index (χ1) is 15.2. The average molecular weight is 473 g/mol. The van der Waals surface area contributed by atoms with E-state index in [2.05, 4.69) is 56.6 Å². The van der Waals surface area contributed by atoms with Crippen molar-refractivity contribution in [3.05, 3.63) is 47.7 Å². The maximum Gasteiger partial charge on any atom is 0.410 e. The molecule has 1 aromatic carbocycles. The van der Waals surface area contributed by atoms with Crippen LogP contribution < -0.4 is 0 Å². The Bertz CT molecular complexity index is 1030. The van der Waals surface area contributed by atoms with Gasteiger partial charge >= 0.3 is 6.09 Å². The molecule has 0 spiro atoms. The molecule has 0 bridgehead atoms. The van der Waals surface area contributed by atoms with Crippen LogP contribution in [0.5, 0.6) is 0 Å². The van der Waals surface area contributed by atoms with Gasteiger partial charge in [-0.25, -0.2) is 4.79 Å². The molecule has 1 amide bonds. The second-order valence-corrected chi connectivity index (χ2v) is 16.1. The van der Waals surface area contributed by atoms with E-state index in [9.17, 15) is 4.79 Å². The van der Waals surface area contributed by atoms with E-state index in [0.717, 1.165) is 22.2 Å². The number of fused-ring (bicyclic) bond motifs is 3. The van der Waals surface area contributed by atoms with Gasteiger partial charge in [0.2, 0.25) is 0 Å². The molecule has 7 heteroatoms. The zero-order valence-corrected chi connectivity index (χ0v) is 22.7. The van der Waals surface area contributed by atoms with Crippen LogP contribution >= 0.6 is 0 Å². The number of amides is 1. The first kappa shape index (κ1) is 25.5. The van der Waals surface area contributed by atoms with E-state index < -0.39 is 13.9 Å². The lowest BCUT2D eigenvalue weighted by atomic mass is 10.0. The van der Waals surface area contributed by atoms with Gasteiger partial charge in [-0.3, -0.25) is 0 Å². The van der Waals surface area contributed by atoms with E-state index >= 15 is 0 Å². The summed E-state index contributed by atoms with van der Waals surface area (Å²) in [5.41, 5.74) is 2.66. The fraction of sp³-hybridized carbons (Fsp3) is 0.577. The van der Waals surface area contributed by atoms with Gasteiger partial charge in [-0.05, 0) is 45.0 Å². The second-order valence-electron chi connectivity index (χ2n) is 11.3. The number of hydrogen-bond donors (Lipinski definition) is 0. The third-order valence-corrected chi connectivity index (χ3v) is 11.0. The van der Waals surface area contributed by atoms with Crippen molar-refractivity contribution < 1.29 is 18.7 Å². The lowest BCUT2D eigenvalue weighted by Gasteiger charge is -2.39. The Morgan fingerprint density at radius 3 is 2.39 bits per heavy atom. The molecular formula is C26H40N2O4Si. The molecular weight excluding hydrogens is 432 g/mol. The molecule has 3 rings (SSSR count). The van der Waals surface area contributed by atoms with Crippen LogP contribution in [-0.2, 0) is 27.2 Å². The van der Waals surface area contributed by atoms with Gasteiger partial charge in [0.25, 0.3) is 0 Å². The van der Waals surface area contributed by atoms with Crippen LogP contribution in [0.4, 0.5) is 4.79 Å². The molecule has 1 aliphatic rings. The van der Waals surface area contributed by atoms with Crippen molar-refractivity contribution in [2.24, 2.45) is 0 Å². The molecule has 0 fully saturated rings. The van der Waals surface area contributed by atoms with Gasteiger partial charge in [0.05, 0.1) is 17.8 Å². The molecule has 0 N–H and O–H groups in total. The van der Waals surface area contributed by atoms with Gasteiger partial charge in [0, 0.05) is 24.6 Å². The number of aromatic nitrogens is 1. The minimum Gasteiger partial charge on any atom is -0.444 e. The fourth-order valence-corrected chi connectivity index (χ4v) is 5.05. The summed E-state index contributed by atoms with van der Waals surface area (Å²) < 4.78 is 20.4. The Balaban J connectivity index is 2.16. The first-order valence-electron chi connectivity index (χ1n) is 11.7. The molecule has 6 nitrogen and oxygen atoms in total. The molecule has 0 saturated heterocycles. The Morgan fingerprint density at radius 2 is 1.79 bits per heavy atom. The van der Waals surface area contributed by atoms with Crippen molar-refractivity contribution in [3.8, 4) is 0 Å². The molecule has 2 heterocycles. The predicted molar refractivity (Wildman–Crippen MR) is 136 cm³/mol. The van der Waals surface area contributed by atoms with Gasteiger partial charge in [0.15, 0.2) is 8.32 Å². The van der Waals surface area contributed by atoms with E-state index in [0.29, 0.717) is 19.8 Å². The van der Waals surface area contributed by atoms with Crippen LogP contribution in [0, 0.1) is 0 Å². The zero-order chi connectivity index (χ0) is 24.6. The normalized spacial score (nSPS) is 18.6. The van der Waals surface area contributed by atoms with E-state index in [-0.39, 0.29) is 17.2 Å². The highest BCUT2D eigenvalue weighted by molar-refractivity contribution is 6.74. The predicted octanol–water partition coefficient (Wildman–Crippen LogP) is 6.62. The summed E-state index contributed by atoms with van der Waals surface area (Å²) in [5.74, 6) is 0. The highest BCUT2D eigenvalue weighted by Gasteiger charge is 2.41. The first-order valence-corrected chi connectivity index (χ1v) is 14.6. The van der Waals surface area contributed by atoms with Crippen LogP contribution in [0.15, 0.2) is 36.4 Å². The molecule has 0 saturated carbocycles. The molecule has 0 radical (unpaired) electrons. The van der Waals surface area contributed by atoms with Gasteiger partial charge < -0.3 is 23.4 Å². The van der Waals surface area contributed by atoms with E-state index in [1.807, 2.05) is 39.0 Å². The molecule has 0 aliphatic carbocycles. The van der Waals surface area contributed by atoms with Crippen LogP contribution in [0.2, 0.25) is 18.1 Å². The number of ether oxygens (including phenoxy) is 2. The standard InChI is InChI=1S/C26H40N2O4Si/c1-25(2,3)31-24(29)27-16-12-15-22(32-33(8,9)26(4,5)6)23-20(17-27)19-13-10-11-14-21(19)28(23)18-30-7/h10-15,22H,16-18H2,1-9H3/b15-12-. The number of rotatable bonds is 4. The Hall–Kier alpha value is -2.09. The summed E-state index contributed by atoms with van der Waals surface area (Å²) >= 11 is 0. The SMILES string of the molecule is COCn1c2c(c3ccccc31)CN(C(=O)OC(C)(C)C)C/C=C\C2O[Si](C)(C)C(C)(C)C. The highest BCUT2D eigenvalue weighted by Crippen LogP contribution is 2.42. The number of methoxy groups -OCH3 is 1. The molecule has 1 aromatic heterocycles. The second kappa shape index (κ2) is 9.28. The number of benzene rings is 1. The van der Waals surface area contributed by atoms with Crippen molar-refractivity contribution in [1.29, 1.82) is 0 Å². The summed E-state index contributed by atoms with van der Waals surface area (Å²) in [7, 11) is -0.371. The Kier molecular flexibility index (Phi) is 7.18. The number of hydrogen-bond acceptors (Lipinski definition) is 4. The minimum absolute atomic E-state index is 0.0734. The number of carbonyl (C=O) groups is 1. The summed E-state index contributed by atoms with van der Waals surface area (Å²) in [5, 5.41) is 1.18. The van der Waals surface area contributed by atoms with Gasteiger partial charge in [-0.2, -0.15) is 0 Å². The molecule has 2 aromatic rings. The van der Waals surface area contributed by atoms with Crippen LogP contribution in [-0.4, -0.2) is 43.1 Å². The highest BCUT2D eigenvalue weighted by atomic mass is 28.4. The third-order valence-electron chi connectivity index (χ3n) is 6.51. The minimum atomic E-state index is -2.08. The molecule has 33 heavy (non-hydrogen) atoms. The van der Waals surface area contributed by atoms with Crippen LogP contribution in [0.1, 0.15) is 58.9 Å². The van der Waals surface area contributed by atoms with E-state index in [1.165, 1.54) is 0 Å². The average Bonchev–Trinajstić information content (AvgIpc) is 2.95. The topological polar surface area (TPSA) is 52.9 Å². The van der Waals surface area contributed by atoms with E-state index in [1.54, 1.807) is 12.0 Å². The fourth-order valence-electron chi connectivity index (χ4n) is 3.87. The molecule has 1 unspecified atom stereocenters. The quantitative estimate of drug-likeness (QED) is 0.371. The molecule has 182 valence electrons. The van der Waals surface area contributed by atoms with Crippen molar-refractivity contribution >= 4 is 25.3 Å². The van der Waals surface area contributed by atoms with Crippen molar-refractivity contribution in [2.75, 3.05) is 13.7 Å². The van der Waals surface area contributed by atoms with Crippen molar-refractivity contribution in [1.82, 2.24) is 9.47 Å². The number of nitrogens with zero attached hydrogens (tertiary/aromatic N) is 2. The lowest BCUT2D eigenvalue weighted by Crippen LogP contribution is -2.42. The van der Waals surface area contributed by atoms with Gasteiger partial charge in [-0.15, -0.1) is 0 Å². The van der Waals surface area contributed by atoms with Crippen LogP contribution in [0.3, 0.4) is 0 Å². The maximum absolute atomic E-state index is 13.0. The van der Waals surface area contributed by atoms with Crippen molar-refractivity contribution in [3.63, 3.8) is 0 Å². The summed E-state index contributed by atoms with van der Waals surface area (Å²) in [4.78, 5) is 14.8. The smallest absolute Gasteiger partial charge is 0.410 e. The Labute approximate surface area is 199 Å². The summed E-state index contributed by atoms with van der Waals surface area (Å²) in [6.45, 7) is 18.3. The largest absolute Gasteiger partial charge is 0.444 e. The van der Waals surface area contributed by atoms with Crippen molar-refractivity contribution in [2.45, 2.75) is 84.7 Å². The van der Waals surface area contributed by atoms with Gasteiger partial charge in [-0.1, -0.05) is 51.1 Å². The molecule has 1 atom stereocenters. The number of para-hydroxylation sites is 1. The Morgan fingerprint density at radius 1 is 1.12 bits per heavy atom. The third kappa shape index (κ3) is 5.53. The molecule has 1 aliphatic heterocycles. The number of carbonyl (C=O) groups excluding carboxylic acids is 1. The maximum atomic E-state index is 13.0. The van der Waals surface area contributed by atoms with Gasteiger partial charge in [0.1, 0.15) is 18.4 Å². The monoisotopic (exact) mass is 472 g/mol.